The molecule has 0 unspecified atom stereocenters. The summed E-state index contributed by atoms with van der Waals surface area (Å²) in [6, 6.07) is 0. The number of hydrogen-bond acceptors (Lipinski definition) is 5. The fourth-order valence-electron chi connectivity index (χ4n) is 0.907. The first kappa shape index (κ1) is 13.7. The van der Waals surface area contributed by atoms with Crippen LogP contribution < -0.4 is 11.1 Å². The zero-order valence-corrected chi connectivity index (χ0v) is 9.40. The summed E-state index contributed by atoms with van der Waals surface area (Å²) in [5.74, 6) is -0.492. The molecule has 1 rings (SSSR count). The Labute approximate surface area is 98.8 Å². The molecule has 96 valence electrons. The van der Waals surface area contributed by atoms with Gasteiger partial charge in [0.2, 0.25) is 0 Å². The van der Waals surface area contributed by atoms with Crippen LogP contribution in [0.5, 0.6) is 0 Å². The molecule has 1 aromatic rings. The number of amides is 1. The average Bonchev–Trinajstić information content (AvgIpc) is 2.62. The lowest BCUT2D eigenvalue weighted by molar-refractivity contribution is -0.173. The third-order valence-corrected chi connectivity index (χ3v) is 2.23. The highest BCUT2D eigenvalue weighted by Crippen LogP contribution is 2.14. The van der Waals surface area contributed by atoms with Crippen LogP contribution in [-0.2, 0) is 4.74 Å². The van der Waals surface area contributed by atoms with Gasteiger partial charge in [0.25, 0.3) is 5.91 Å². The van der Waals surface area contributed by atoms with Crippen LogP contribution in [0.2, 0.25) is 0 Å². The second kappa shape index (κ2) is 5.82. The molecule has 1 heterocycles. The minimum absolute atomic E-state index is 0.0215. The van der Waals surface area contributed by atoms with Gasteiger partial charge >= 0.3 is 6.18 Å². The van der Waals surface area contributed by atoms with Crippen molar-refractivity contribution < 1.29 is 22.7 Å². The number of carbonyl (C=O) groups is 1. The Kier molecular flexibility index (Phi) is 4.70. The van der Waals surface area contributed by atoms with Crippen LogP contribution in [0.3, 0.4) is 0 Å². The molecule has 0 aliphatic carbocycles. The molecule has 0 atom stereocenters. The molecule has 0 aliphatic rings. The number of carbonyl (C=O) groups excluding carboxylic acids is 1. The molecule has 0 radical (unpaired) electrons. The zero-order valence-electron chi connectivity index (χ0n) is 8.58. The van der Waals surface area contributed by atoms with Crippen LogP contribution in [0, 0.1) is 0 Å². The molecular weight excluding hydrogens is 259 g/mol. The third-order valence-electron chi connectivity index (χ3n) is 1.55. The number of nitrogens with two attached hydrogens (primary N) is 1. The van der Waals surface area contributed by atoms with Crippen molar-refractivity contribution in [1.29, 1.82) is 0 Å². The summed E-state index contributed by atoms with van der Waals surface area (Å²) < 4.78 is 39.3. The summed E-state index contributed by atoms with van der Waals surface area (Å²) in [7, 11) is 0. The van der Waals surface area contributed by atoms with Crippen molar-refractivity contribution in [1.82, 2.24) is 10.3 Å². The first-order valence-corrected chi connectivity index (χ1v) is 5.40. The van der Waals surface area contributed by atoms with E-state index < -0.39 is 18.7 Å². The number of anilines is 1. The number of rotatable bonds is 5. The van der Waals surface area contributed by atoms with Gasteiger partial charge in [0.05, 0.1) is 6.61 Å². The van der Waals surface area contributed by atoms with Gasteiger partial charge in [-0.1, -0.05) is 0 Å². The van der Waals surface area contributed by atoms with Crippen LogP contribution in [0.1, 0.15) is 10.5 Å². The van der Waals surface area contributed by atoms with E-state index in [0.717, 1.165) is 11.3 Å². The van der Waals surface area contributed by atoms with E-state index in [2.05, 4.69) is 15.0 Å². The number of halogens is 3. The molecule has 17 heavy (non-hydrogen) atoms. The van der Waals surface area contributed by atoms with E-state index in [1.165, 1.54) is 5.38 Å². The van der Waals surface area contributed by atoms with Gasteiger partial charge < -0.3 is 15.8 Å². The van der Waals surface area contributed by atoms with Gasteiger partial charge in [0, 0.05) is 11.9 Å². The van der Waals surface area contributed by atoms with E-state index >= 15 is 0 Å². The van der Waals surface area contributed by atoms with Crippen molar-refractivity contribution in [3.05, 3.63) is 11.1 Å². The van der Waals surface area contributed by atoms with Crippen molar-refractivity contribution in [2.24, 2.45) is 0 Å². The number of nitrogens with one attached hydrogen (secondary N) is 1. The monoisotopic (exact) mass is 269 g/mol. The van der Waals surface area contributed by atoms with Gasteiger partial charge in [-0.05, 0) is 0 Å². The van der Waals surface area contributed by atoms with Gasteiger partial charge in [-0.2, -0.15) is 13.2 Å². The van der Waals surface area contributed by atoms with Crippen molar-refractivity contribution >= 4 is 22.4 Å². The van der Waals surface area contributed by atoms with E-state index in [-0.39, 0.29) is 24.0 Å². The van der Waals surface area contributed by atoms with E-state index in [4.69, 9.17) is 5.73 Å². The van der Waals surface area contributed by atoms with Gasteiger partial charge in [0.1, 0.15) is 12.3 Å². The SMILES string of the molecule is Nc1nc(C(=O)NCCOCC(F)(F)F)cs1. The predicted molar refractivity (Wildman–Crippen MR) is 55.7 cm³/mol. The maximum absolute atomic E-state index is 11.7. The molecule has 0 saturated heterocycles. The van der Waals surface area contributed by atoms with Crippen molar-refractivity contribution in [3.8, 4) is 0 Å². The fourth-order valence-corrected chi connectivity index (χ4v) is 1.45. The van der Waals surface area contributed by atoms with Crippen molar-refractivity contribution in [2.45, 2.75) is 6.18 Å². The maximum Gasteiger partial charge on any atom is 0.411 e. The Hall–Kier alpha value is -1.35. The predicted octanol–water partition coefficient (Wildman–Crippen LogP) is 1.03. The van der Waals surface area contributed by atoms with Crippen molar-refractivity contribution in [3.63, 3.8) is 0 Å². The van der Waals surface area contributed by atoms with Gasteiger partial charge in [0.15, 0.2) is 5.13 Å². The standard InChI is InChI=1S/C8H10F3N3O2S/c9-8(10,11)4-16-2-1-13-6(15)5-3-17-7(12)14-5/h3H,1-2,4H2,(H2,12,14)(H,13,15). The molecule has 1 aromatic heterocycles. The number of alkyl halides is 3. The first-order valence-electron chi connectivity index (χ1n) is 4.52. The average molecular weight is 269 g/mol. The summed E-state index contributed by atoms with van der Waals surface area (Å²) in [6.07, 6.45) is -4.35. The second-order valence-corrected chi connectivity index (χ2v) is 3.88. The topological polar surface area (TPSA) is 77.2 Å². The summed E-state index contributed by atoms with van der Waals surface area (Å²) in [5, 5.41) is 4.07. The van der Waals surface area contributed by atoms with Gasteiger partial charge in [-0.15, -0.1) is 11.3 Å². The molecule has 0 aromatic carbocycles. The smallest absolute Gasteiger partial charge is 0.375 e. The number of nitrogens with zero attached hydrogens (tertiary/aromatic N) is 1. The van der Waals surface area contributed by atoms with Crippen LogP contribution in [0.25, 0.3) is 0 Å². The molecule has 0 fully saturated rings. The van der Waals surface area contributed by atoms with E-state index in [9.17, 15) is 18.0 Å². The Morgan fingerprint density at radius 2 is 2.29 bits per heavy atom. The minimum atomic E-state index is -4.35. The van der Waals surface area contributed by atoms with Gasteiger partial charge in [-0.25, -0.2) is 4.98 Å². The normalized spacial score (nSPS) is 11.5. The van der Waals surface area contributed by atoms with Crippen LogP contribution in [-0.4, -0.2) is 36.8 Å². The molecule has 5 nitrogen and oxygen atoms in total. The molecule has 9 heteroatoms. The summed E-state index contributed by atoms with van der Waals surface area (Å²) in [6.45, 7) is -1.57. The number of hydrogen-bond donors (Lipinski definition) is 2. The van der Waals surface area contributed by atoms with Crippen LogP contribution in [0.4, 0.5) is 18.3 Å². The lowest BCUT2D eigenvalue weighted by atomic mass is 10.4. The van der Waals surface area contributed by atoms with E-state index in [1.54, 1.807) is 0 Å². The molecule has 0 bridgehead atoms. The summed E-state index contributed by atoms with van der Waals surface area (Å²) in [5.41, 5.74) is 5.46. The maximum atomic E-state index is 11.7. The molecule has 3 N–H and O–H groups in total. The largest absolute Gasteiger partial charge is 0.411 e. The number of ether oxygens (including phenoxy) is 1. The lowest BCUT2D eigenvalue weighted by Crippen LogP contribution is -2.29. The Morgan fingerprint density at radius 1 is 1.59 bits per heavy atom. The first-order chi connectivity index (χ1) is 7.88. The Morgan fingerprint density at radius 3 is 2.82 bits per heavy atom. The Balaban J connectivity index is 2.17. The lowest BCUT2D eigenvalue weighted by Gasteiger charge is -2.07. The second-order valence-electron chi connectivity index (χ2n) is 2.99. The summed E-state index contributed by atoms with van der Waals surface area (Å²) >= 11 is 1.11. The molecule has 0 spiro atoms. The van der Waals surface area contributed by atoms with Crippen LogP contribution in [0.15, 0.2) is 5.38 Å². The third kappa shape index (κ3) is 5.50. The highest BCUT2D eigenvalue weighted by Gasteiger charge is 2.27. The highest BCUT2D eigenvalue weighted by molar-refractivity contribution is 7.13. The number of nitrogen functional groups attached to an aromatic ring is 1. The quantitative estimate of drug-likeness (QED) is 0.783. The summed E-state index contributed by atoms with van der Waals surface area (Å²) in [4.78, 5) is 15.0. The molecule has 1 amide bonds. The van der Waals surface area contributed by atoms with E-state index in [1.807, 2.05) is 0 Å². The zero-order chi connectivity index (χ0) is 12.9. The molecular formula is C8H10F3N3O2S. The molecule has 0 saturated carbocycles. The number of aromatic nitrogens is 1. The molecule has 0 aliphatic heterocycles. The van der Waals surface area contributed by atoms with Crippen LogP contribution >= 0.6 is 11.3 Å². The Bertz CT molecular complexity index is 380. The number of thiazole rings is 1. The van der Waals surface area contributed by atoms with E-state index in [0.29, 0.717) is 0 Å². The highest BCUT2D eigenvalue weighted by atomic mass is 32.1. The minimum Gasteiger partial charge on any atom is -0.375 e. The fraction of sp³-hybridized carbons (Fsp3) is 0.500. The van der Waals surface area contributed by atoms with Gasteiger partial charge in [-0.3, -0.25) is 4.79 Å². The van der Waals surface area contributed by atoms with Crippen molar-refractivity contribution in [2.75, 3.05) is 25.5 Å².